The molecule has 0 saturated heterocycles. The Morgan fingerprint density at radius 3 is 3.04 bits per heavy atom. The Labute approximate surface area is 138 Å². The van der Waals surface area contributed by atoms with Crippen molar-refractivity contribution in [3.05, 3.63) is 43.0 Å². The summed E-state index contributed by atoms with van der Waals surface area (Å²) in [6, 6.07) is 0.511. The fraction of sp³-hybridized carbons (Fsp3) is 0.444. The fourth-order valence-electron chi connectivity index (χ4n) is 2.21. The van der Waals surface area contributed by atoms with Crippen LogP contribution in [0.3, 0.4) is 0 Å². The molecule has 0 aliphatic carbocycles. The highest BCUT2D eigenvalue weighted by atomic mass is 16.5. The third kappa shape index (κ3) is 4.66. The number of rotatable bonds is 9. The molecular formula is C18H26N4O. The van der Waals surface area contributed by atoms with Crippen LogP contribution < -0.4 is 4.74 Å². The molecule has 2 aromatic rings. The van der Waals surface area contributed by atoms with E-state index in [0.29, 0.717) is 18.5 Å². The zero-order valence-electron chi connectivity index (χ0n) is 14.3. The Balaban J connectivity index is 2.12. The van der Waals surface area contributed by atoms with Gasteiger partial charge < -0.3 is 14.0 Å². The molecule has 1 atom stereocenters. The Morgan fingerprint density at radius 2 is 2.30 bits per heavy atom. The molecule has 0 bridgehead atoms. The SMILES string of the molecule is C=CCCOc1nc(/C=C/CC(C)N(C)CC)cn2ccnc12. The maximum atomic E-state index is 5.73. The summed E-state index contributed by atoms with van der Waals surface area (Å²) in [4.78, 5) is 11.2. The van der Waals surface area contributed by atoms with Gasteiger partial charge in [-0.15, -0.1) is 6.58 Å². The molecular weight excluding hydrogens is 288 g/mol. The number of ether oxygens (including phenoxy) is 1. The molecule has 0 spiro atoms. The van der Waals surface area contributed by atoms with Crippen LogP contribution >= 0.6 is 0 Å². The highest BCUT2D eigenvalue weighted by molar-refractivity contribution is 5.54. The van der Waals surface area contributed by atoms with Crippen molar-refractivity contribution in [3.8, 4) is 5.88 Å². The molecule has 5 heteroatoms. The second-order valence-electron chi connectivity index (χ2n) is 5.62. The summed E-state index contributed by atoms with van der Waals surface area (Å²) in [6.45, 7) is 9.71. The molecule has 124 valence electrons. The van der Waals surface area contributed by atoms with E-state index in [-0.39, 0.29) is 0 Å². The first-order valence-corrected chi connectivity index (χ1v) is 8.09. The smallest absolute Gasteiger partial charge is 0.258 e. The Bertz CT molecular complexity index is 662. The Hall–Kier alpha value is -2.14. The second-order valence-corrected chi connectivity index (χ2v) is 5.62. The van der Waals surface area contributed by atoms with Crippen LogP contribution in [0.25, 0.3) is 11.7 Å². The minimum Gasteiger partial charge on any atom is -0.475 e. The first kappa shape index (κ1) is 17.2. The molecule has 0 saturated carbocycles. The van der Waals surface area contributed by atoms with E-state index in [4.69, 9.17) is 4.74 Å². The van der Waals surface area contributed by atoms with E-state index >= 15 is 0 Å². The van der Waals surface area contributed by atoms with Gasteiger partial charge in [-0.05, 0) is 39.4 Å². The van der Waals surface area contributed by atoms with Crippen LogP contribution in [0.2, 0.25) is 0 Å². The second kappa shape index (κ2) is 8.48. The normalized spacial score (nSPS) is 13.0. The van der Waals surface area contributed by atoms with E-state index in [0.717, 1.165) is 30.7 Å². The largest absolute Gasteiger partial charge is 0.475 e. The van der Waals surface area contributed by atoms with Crippen LogP contribution in [0.4, 0.5) is 0 Å². The summed E-state index contributed by atoms with van der Waals surface area (Å²) in [5.74, 6) is 0.567. The lowest BCUT2D eigenvalue weighted by atomic mass is 10.2. The van der Waals surface area contributed by atoms with Crippen molar-refractivity contribution in [2.24, 2.45) is 0 Å². The van der Waals surface area contributed by atoms with Crippen LogP contribution in [0.1, 0.15) is 32.4 Å². The van der Waals surface area contributed by atoms with E-state index in [1.165, 1.54) is 0 Å². The molecule has 23 heavy (non-hydrogen) atoms. The molecule has 5 nitrogen and oxygen atoms in total. The maximum absolute atomic E-state index is 5.73. The van der Waals surface area contributed by atoms with Gasteiger partial charge in [-0.25, -0.2) is 9.97 Å². The average molecular weight is 314 g/mol. The number of hydrogen-bond donors (Lipinski definition) is 0. The van der Waals surface area contributed by atoms with Crippen LogP contribution in [0.15, 0.2) is 37.3 Å². The van der Waals surface area contributed by atoms with E-state index in [1.54, 1.807) is 6.20 Å². The molecule has 2 aromatic heterocycles. The quantitative estimate of drug-likeness (QED) is 0.525. The summed E-state index contributed by atoms with van der Waals surface area (Å²) < 4.78 is 7.68. The molecule has 1 unspecified atom stereocenters. The lowest BCUT2D eigenvalue weighted by Gasteiger charge is -2.21. The third-order valence-corrected chi connectivity index (χ3v) is 3.94. The summed E-state index contributed by atoms with van der Waals surface area (Å²) in [5, 5.41) is 0. The predicted octanol–water partition coefficient (Wildman–Crippen LogP) is 3.43. The lowest BCUT2D eigenvalue weighted by Crippen LogP contribution is -2.27. The van der Waals surface area contributed by atoms with Crippen LogP contribution in [-0.4, -0.2) is 45.5 Å². The number of hydrogen-bond acceptors (Lipinski definition) is 4. The van der Waals surface area contributed by atoms with Crippen molar-refractivity contribution in [2.45, 2.75) is 32.7 Å². The first-order chi connectivity index (χ1) is 11.2. The molecule has 0 fully saturated rings. The Morgan fingerprint density at radius 1 is 1.48 bits per heavy atom. The maximum Gasteiger partial charge on any atom is 0.258 e. The molecule has 0 aromatic carbocycles. The minimum atomic E-state index is 0.511. The van der Waals surface area contributed by atoms with Gasteiger partial charge in [-0.1, -0.05) is 19.1 Å². The van der Waals surface area contributed by atoms with Crippen LogP contribution in [0.5, 0.6) is 5.88 Å². The molecule has 0 N–H and O–H groups in total. The van der Waals surface area contributed by atoms with Crippen molar-refractivity contribution >= 4 is 11.7 Å². The third-order valence-electron chi connectivity index (χ3n) is 3.94. The first-order valence-electron chi connectivity index (χ1n) is 8.09. The van der Waals surface area contributed by atoms with E-state index in [2.05, 4.69) is 48.4 Å². The molecule has 0 aliphatic rings. The van der Waals surface area contributed by atoms with Gasteiger partial charge in [0, 0.05) is 24.6 Å². The topological polar surface area (TPSA) is 42.7 Å². The predicted molar refractivity (Wildman–Crippen MR) is 94.7 cm³/mol. The average Bonchev–Trinajstić information content (AvgIpc) is 3.02. The van der Waals surface area contributed by atoms with Gasteiger partial charge >= 0.3 is 0 Å². The van der Waals surface area contributed by atoms with Gasteiger partial charge in [-0.3, -0.25) is 0 Å². The minimum absolute atomic E-state index is 0.511. The van der Waals surface area contributed by atoms with Gasteiger partial charge in [0.2, 0.25) is 5.65 Å². The van der Waals surface area contributed by atoms with Gasteiger partial charge in [0.1, 0.15) is 0 Å². The summed E-state index contributed by atoms with van der Waals surface area (Å²) >= 11 is 0. The van der Waals surface area contributed by atoms with Crippen LogP contribution in [0, 0.1) is 0 Å². The lowest BCUT2D eigenvalue weighted by molar-refractivity contribution is 0.273. The monoisotopic (exact) mass is 314 g/mol. The van der Waals surface area contributed by atoms with Crippen molar-refractivity contribution in [2.75, 3.05) is 20.2 Å². The van der Waals surface area contributed by atoms with Gasteiger partial charge in [-0.2, -0.15) is 0 Å². The summed E-state index contributed by atoms with van der Waals surface area (Å²) in [6.07, 6.45) is 13.4. The van der Waals surface area contributed by atoms with Crippen molar-refractivity contribution in [1.29, 1.82) is 0 Å². The molecule has 0 radical (unpaired) electrons. The molecule has 2 heterocycles. The van der Waals surface area contributed by atoms with E-state index < -0.39 is 0 Å². The number of fused-ring (bicyclic) bond motifs is 1. The number of aromatic nitrogens is 3. The molecule has 0 aliphatic heterocycles. The van der Waals surface area contributed by atoms with Gasteiger partial charge in [0.15, 0.2) is 0 Å². The van der Waals surface area contributed by atoms with Gasteiger partial charge in [0.05, 0.1) is 12.3 Å². The standard InChI is InChI=1S/C18H26N4O/c1-5-7-13-23-18-17-19-11-12-22(17)14-16(20-18)10-8-9-15(3)21(4)6-2/h5,8,10-12,14-15H,1,6-7,9,13H2,2-4H3/b10-8+. The Kier molecular flexibility index (Phi) is 6.35. The summed E-state index contributed by atoms with van der Waals surface area (Å²) in [7, 11) is 2.14. The fourth-order valence-corrected chi connectivity index (χ4v) is 2.21. The van der Waals surface area contributed by atoms with Crippen molar-refractivity contribution < 1.29 is 4.74 Å². The van der Waals surface area contributed by atoms with Crippen molar-refractivity contribution in [3.63, 3.8) is 0 Å². The van der Waals surface area contributed by atoms with E-state index in [9.17, 15) is 0 Å². The zero-order chi connectivity index (χ0) is 16.7. The van der Waals surface area contributed by atoms with Gasteiger partial charge in [0.25, 0.3) is 5.88 Å². The molecule has 0 amide bonds. The van der Waals surface area contributed by atoms with E-state index in [1.807, 2.05) is 28.9 Å². The number of imidazole rings is 1. The van der Waals surface area contributed by atoms with Crippen molar-refractivity contribution in [1.82, 2.24) is 19.3 Å². The highest BCUT2D eigenvalue weighted by Crippen LogP contribution is 2.17. The summed E-state index contributed by atoms with van der Waals surface area (Å²) in [5.41, 5.74) is 1.61. The molecule has 2 rings (SSSR count). The number of nitrogens with zero attached hydrogens (tertiary/aromatic N) is 4. The van der Waals surface area contributed by atoms with Crippen LogP contribution in [-0.2, 0) is 0 Å². The zero-order valence-corrected chi connectivity index (χ0v) is 14.3. The highest BCUT2D eigenvalue weighted by Gasteiger charge is 2.08.